The Hall–Kier alpha value is -0.900. The molecule has 136 valence electrons. The van der Waals surface area contributed by atoms with Gasteiger partial charge in [-0.3, -0.25) is 10.1 Å². The number of hydrogen-bond acceptors (Lipinski definition) is 4. The normalized spacial score (nSPS) is 23.8. The summed E-state index contributed by atoms with van der Waals surface area (Å²) in [5.74, 6) is 3.31. The van der Waals surface area contributed by atoms with Gasteiger partial charge in [0.05, 0.1) is 0 Å². The monoisotopic (exact) mass is 447 g/mol. The minimum Gasteiger partial charge on any atom is -0.356 e. The van der Waals surface area contributed by atoms with Gasteiger partial charge >= 0.3 is 0 Å². The van der Waals surface area contributed by atoms with Gasteiger partial charge in [0.2, 0.25) is 0 Å². The van der Waals surface area contributed by atoms with E-state index in [1.807, 2.05) is 7.05 Å². The van der Waals surface area contributed by atoms with Crippen molar-refractivity contribution in [3.8, 4) is 0 Å². The number of rotatable bonds is 3. The lowest BCUT2D eigenvalue weighted by molar-refractivity contribution is 0.208. The molecule has 3 rings (SSSR count). The van der Waals surface area contributed by atoms with Crippen molar-refractivity contribution in [1.82, 2.24) is 30.3 Å². The maximum absolute atomic E-state index is 4.48. The highest BCUT2D eigenvalue weighted by Gasteiger charge is 2.25. The van der Waals surface area contributed by atoms with E-state index < -0.39 is 0 Å². The second-order valence-electron chi connectivity index (χ2n) is 6.83. The lowest BCUT2D eigenvalue weighted by Gasteiger charge is -2.35. The Morgan fingerprint density at radius 2 is 2.12 bits per heavy atom. The van der Waals surface area contributed by atoms with Crippen LogP contribution < -0.4 is 5.32 Å². The zero-order valence-electron chi connectivity index (χ0n) is 14.7. The molecular weight excluding hydrogens is 417 g/mol. The maximum atomic E-state index is 4.48. The van der Waals surface area contributed by atoms with E-state index in [4.69, 9.17) is 0 Å². The van der Waals surface area contributed by atoms with Gasteiger partial charge in [-0.1, -0.05) is 0 Å². The lowest BCUT2D eigenvalue weighted by Crippen LogP contribution is -2.48. The molecule has 0 aromatic carbocycles. The topological polar surface area (TPSA) is 72.4 Å². The number of nitrogens with zero attached hydrogens (tertiary/aromatic N) is 5. The molecule has 7 nitrogen and oxygen atoms in total. The zero-order valence-corrected chi connectivity index (χ0v) is 17.1. The molecule has 2 aliphatic rings. The van der Waals surface area contributed by atoms with Crippen molar-refractivity contribution < 1.29 is 0 Å². The summed E-state index contributed by atoms with van der Waals surface area (Å²) in [7, 11) is 4.10. The third kappa shape index (κ3) is 5.05. The van der Waals surface area contributed by atoms with Crippen molar-refractivity contribution in [3.05, 3.63) is 12.2 Å². The molecule has 0 spiro atoms. The number of aliphatic imine (C=N–C) groups is 1. The predicted molar refractivity (Wildman–Crippen MR) is 107 cm³/mol. The second kappa shape index (κ2) is 9.55. The van der Waals surface area contributed by atoms with Crippen LogP contribution in [0.5, 0.6) is 0 Å². The fourth-order valence-electron chi connectivity index (χ4n) is 3.78. The molecule has 0 amide bonds. The molecule has 2 saturated heterocycles. The van der Waals surface area contributed by atoms with Gasteiger partial charge in [-0.05, 0) is 45.2 Å². The smallest absolute Gasteiger partial charge is 0.193 e. The summed E-state index contributed by atoms with van der Waals surface area (Å²) in [6.45, 7) is 5.50. The van der Waals surface area contributed by atoms with Crippen LogP contribution in [0.2, 0.25) is 0 Å². The van der Waals surface area contributed by atoms with Gasteiger partial charge in [0.1, 0.15) is 12.2 Å². The summed E-state index contributed by atoms with van der Waals surface area (Å²) in [5, 5.41) is 10.6. The SMILES string of the molecule is CN=C(NCC1CCCN(C)C1)N1CCC(c2ncn[nH]2)CC1.I. The van der Waals surface area contributed by atoms with Crippen LogP contribution in [0.4, 0.5) is 0 Å². The Kier molecular flexibility index (Phi) is 7.73. The van der Waals surface area contributed by atoms with Gasteiger partial charge in [0.15, 0.2) is 5.96 Å². The number of aromatic nitrogens is 3. The van der Waals surface area contributed by atoms with Gasteiger partial charge < -0.3 is 15.1 Å². The van der Waals surface area contributed by atoms with Crippen LogP contribution in [-0.4, -0.2) is 77.8 Å². The van der Waals surface area contributed by atoms with Gasteiger partial charge in [-0.15, -0.1) is 24.0 Å². The molecule has 1 aromatic heterocycles. The quantitative estimate of drug-likeness (QED) is 0.418. The van der Waals surface area contributed by atoms with Gasteiger partial charge in [-0.2, -0.15) is 5.10 Å². The van der Waals surface area contributed by atoms with Gasteiger partial charge in [0.25, 0.3) is 0 Å². The zero-order chi connectivity index (χ0) is 16.1. The Bertz CT molecular complexity index is 497. The number of likely N-dealkylation sites (tertiary alicyclic amines) is 2. The summed E-state index contributed by atoms with van der Waals surface area (Å²) in [5.41, 5.74) is 0. The molecule has 24 heavy (non-hydrogen) atoms. The lowest BCUT2D eigenvalue weighted by atomic mass is 9.96. The van der Waals surface area contributed by atoms with Crippen molar-refractivity contribution in [2.24, 2.45) is 10.9 Å². The number of hydrogen-bond donors (Lipinski definition) is 2. The molecule has 2 aliphatic heterocycles. The molecule has 1 aromatic rings. The Morgan fingerprint density at radius 1 is 1.33 bits per heavy atom. The van der Waals surface area contributed by atoms with Crippen molar-refractivity contribution in [2.75, 3.05) is 46.8 Å². The average Bonchev–Trinajstić information content (AvgIpc) is 3.11. The predicted octanol–water partition coefficient (Wildman–Crippen LogP) is 1.52. The highest BCUT2D eigenvalue weighted by molar-refractivity contribution is 14.0. The molecule has 0 saturated carbocycles. The van der Waals surface area contributed by atoms with E-state index in [2.05, 4.69) is 42.3 Å². The van der Waals surface area contributed by atoms with Crippen LogP contribution in [0.3, 0.4) is 0 Å². The molecule has 2 N–H and O–H groups in total. The second-order valence-corrected chi connectivity index (χ2v) is 6.83. The minimum atomic E-state index is 0. The van der Waals surface area contributed by atoms with E-state index >= 15 is 0 Å². The molecule has 1 atom stereocenters. The van der Waals surface area contributed by atoms with Crippen molar-refractivity contribution in [2.45, 2.75) is 31.6 Å². The van der Waals surface area contributed by atoms with Crippen LogP contribution in [0.25, 0.3) is 0 Å². The Morgan fingerprint density at radius 3 is 2.75 bits per heavy atom. The van der Waals surface area contributed by atoms with Crippen LogP contribution in [0.1, 0.15) is 37.4 Å². The summed E-state index contributed by atoms with van der Waals surface area (Å²) < 4.78 is 0. The minimum absolute atomic E-state index is 0. The van der Waals surface area contributed by atoms with Crippen LogP contribution in [0, 0.1) is 5.92 Å². The number of aromatic amines is 1. The summed E-state index contributed by atoms with van der Waals surface area (Å²) in [4.78, 5) is 13.6. The van der Waals surface area contributed by atoms with Crippen LogP contribution >= 0.6 is 24.0 Å². The molecular formula is C16H30IN7. The number of H-pyrrole nitrogens is 1. The molecule has 0 aliphatic carbocycles. The van der Waals surface area contributed by atoms with Crippen LogP contribution in [-0.2, 0) is 0 Å². The standard InChI is InChI=1S/C16H29N7.HI/c1-17-16(18-10-13-4-3-7-22(2)11-13)23-8-5-14(6-9-23)15-19-12-20-21-15;/h12-14H,3-11H2,1-2H3,(H,17,18)(H,19,20,21);1H. The first-order valence-electron chi connectivity index (χ1n) is 8.75. The van der Waals surface area contributed by atoms with Crippen molar-refractivity contribution in [3.63, 3.8) is 0 Å². The fourth-order valence-corrected chi connectivity index (χ4v) is 3.78. The van der Waals surface area contributed by atoms with E-state index in [0.717, 1.165) is 50.2 Å². The summed E-state index contributed by atoms with van der Waals surface area (Å²) in [6, 6.07) is 0. The van der Waals surface area contributed by atoms with Crippen LogP contribution in [0.15, 0.2) is 11.3 Å². The first-order valence-corrected chi connectivity index (χ1v) is 8.75. The largest absolute Gasteiger partial charge is 0.356 e. The first-order chi connectivity index (χ1) is 11.3. The molecule has 0 radical (unpaired) electrons. The van der Waals surface area contributed by atoms with E-state index in [1.54, 1.807) is 6.33 Å². The van der Waals surface area contributed by atoms with E-state index in [1.165, 1.54) is 25.9 Å². The molecule has 3 heterocycles. The van der Waals surface area contributed by atoms with E-state index in [9.17, 15) is 0 Å². The number of piperidine rings is 2. The summed E-state index contributed by atoms with van der Waals surface area (Å²) in [6.07, 6.45) is 6.43. The molecule has 0 bridgehead atoms. The third-order valence-electron chi connectivity index (χ3n) is 5.10. The fraction of sp³-hybridized carbons (Fsp3) is 0.812. The third-order valence-corrected chi connectivity index (χ3v) is 5.10. The number of guanidine groups is 1. The Labute approximate surface area is 161 Å². The first kappa shape index (κ1) is 19.4. The average molecular weight is 447 g/mol. The molecule has 2 fully saturated rings. The number of halogens is 1. The van der Waals surface area contributed by atoms with Gasteiger partial charge in [-0.25, -0.2) is 4.98 Å². The molecule has 8 heteroatoms. The molecule has 1 unspecified atom stereocenters. The number of nitrogens with one attached hydrogen (secondary N) is 2. The van der Waals surface area contributed by atoms with E-state index in [0.29, 0.717) is 5.92 Å². The highest BCUT2D eigenvalue weighted by Crippen LogP contribution is 2.25. The van der Waals surface area contributed by atoms with Gasteiger partial charge in [0, 0.05) is 39.1 Å². The summed E-state index contributed by atoms with van der Waals surface area (Å²) >= 11 is 0. The van der Waals surface area contributed by atoms with E-state index in [-0.39, 0.29) is 24.0 Å². The van der Waals surface area contributed by atoms with Crippen molar-refractivity contribution in [1.29, 1.82) is 0 Å². The maximum Gasteiger partial charge on any atom is 0.193 e. The highest BCUT2D eigenvalue weighted by atomic mass is 127. The Balaban J connectivity index is 0.00000208. The van der Waals surface area contributed by atoms with Crippen molar-refractivity contribution >= 4 is 29.9 Å².